The van der Waals surface area contributed by atoms with Gasteiger partial charge < -0.3 is 10.3 Å². The number of hydrogen-bond donors (Lipinski definition) is 1. The van der Waals surface area contributed by atoms with Gasteiger partial charge in [-0.3, -0.25) is 0 Å². The first-order valence-corrected chi connectivity index (χ1v) is 6.72. The largest absolute Gasteiger partial charge is 0.367 e. The van der Waals surface area contributed by atoms with Gasteiger partial charge in [-0.15, -0.1) is 0 Å². The summed E-state index contributed by atoms with van der Waals surface area (Å²) in [5.41, 5.74) is 7.82. The molecule has 0 aliphatic heterocycles. The molecule has 2 aromatic heterocycles. The first kappa shape index (κ1) is 12.2. The van der Waals surface area contributed by atoms with Crippen LogP contribution in [0.3, 0.4) is 0 Å². The Morgan fingerprint density at radius 3 is 2.89 bits per heavy atom. The molecular weight excluding hydrogens is 287 g/mol. The third-order valence-corrected chi connectivity index (χ3v) is 3.71. The van der Waals surface area contributed by atoms with Crippen molar-refractivity contribution in [3.05, 3.63) is 45.9 Å². The third kappa shape index (κ3) is 2.01. The van der Waals surface area contributed by atoms with Crippen LogP contribution >= 0.6 is 22.9 Å². The molecule has 3 rings (SSSR count). The Balaban J connectivity index is 2.26. The van der Waals surface area contributed by atoms with Crippen LogP contribution < -0.4 is 5.73 Å². The van der Waals surface area contributed by atoms with Crippen molar-refractivity contribution in [1.29, 1.82) is 0 Å². The van der Waals surface area contributed by atoms with Crippen molar-refractivity contribution in [2.75, 3.05) is 5.73 Å². The Labute approximate surface area is 117 Å². The fourth-order valence-corrected chi connectivity index (χ4v) is 2.67. The number of nitrogens with zero attached hydrogens (tertiary/aromatic N) is 1. The fraction of sp³-hybridized carbons (Fsp3) is 0. The highest BCUT2D eigenvalue weighted by atomic mass is 35.5. The van der Waals surface area contributed by atoms with E-state index in [1.807, 2.05) is 16.8 Å². The highest BCUT2D eigenvalue weighted by Crippen LogP contribution is 2.39. The number of nitrogens with two attached hydrogens (primary N) is 1. The molecule has 0 fully saturated rings. The van der Waals surface area contributed by atoms with E-state index in [1.54, 1.807) is 12.1 Å². The summed E-state index contributed by atoms with van der Waals surface area (Å²) in [5.74, 6) is -0.460. The zero-order valence-corrected chi connectivity index (χ0v) is 11.1. The first-order valence-electron chi connectivity index (χ1n) is 5.40. The molecule has 0 amide bonds. The van der Waals surface area contributed by atoms with Gasteiger partial charge in [-0.05, 0) is 17.5 Å². The average molecular weight is 295 g/mol. The van der Waals surface area contributed by atoms with Gasteiger partial charge >= 0.3 is 0 Å². The number of halogens is 2. The second kappa shape index (κ2) is 4.68. The minimum absolute atomic E-state index is 0.0365. The summed E-state index contributed by atoms with van der Waals surface area (Å²) < 4.78 is 19.1. The van der Waals surface area contributed by atoms with Crippen molar-refractivity contribution < 1.29 is 8.91 Å². The van der Waals surface area contributed by atoms with Crippen molar-refractivity contribution in [2.24, 2.45) is 0 Å². The van der Waals surface area contributed by atoms with Crippen LogP contribution in [0.25, 0.3) is 22.4 Å². The predicted octanol–water partition coefficient (Wildman–Crippen LogP) is 4.44. The average Bonchev–Trinajstić information content (AvgIpc) is 3.02. The van der Waals surface area contributed by atoms with Crippen molar-refractivity contribution in [1.82, 2.24) is 5.16 Å². The lowest BCUT2D eigenvalue weighted by Gasteiger charge is -2.04. The highest BCUT2D eigenvalue weighted by Gasteiger charge is 2.21. The Morgan fingerprint density at radius 2 is 2.16 bits per heavy atom. The molecule has 0 atom stereocenters. The minimum atomic E-state index is -0.532. The van der Waals surface area contributed by atoms with Crippen LogP contribution in [0.4, 0.5) is 10.3 Å². The van der Waals surface area contributed by atoms with Crippen LogP contribution in [0.15, 0.2) is 39.5 Å². The van der Waals surface area contributed by atoms with Crippen LogP contribution in [0.1, 0.15) is 0 Å². The fourth-order valence-electron chi connectivity index (χ4n) is 1.86. The number of anilines is 1. The molecule has 0 unspecified atom stereocenters. The molecule has 0 bridgehead atoms. The summed E-state index contributed by atoms with van der Waals surface area (Å²) in [6, 6.07) is 6.60. The van der Waals surface area contributed by atoms with Gasteiger partial charge in [0.15, 0.2) is 0 Å². The number of rotatable bonds is 2. The molecule has 6 heteroatoms. The van der Waals surface area contributed by atoms with Crippen LogP contribution in [0.2, 0.25) is 5.02 Å². The second-order valence-electron chi connectivity index (χ2n) is 3.88. The topological polar surface area (TPSA) is 52.0 Å². The number of aromatic nitrogens is 1. The normalized spacial score (nSPS) is 10.8. The first-order chi connectivity index (χ1) is 9.18. The van der Waals surface area contributed by atoms with E-state index in [9.17, 15) is 4.39 Å². The lowest BCUT2D eigenvalue weighted by molar-refractivity contribution is 0.439. The SMILES string of the molecule is Nc1onc(-c2ccsc2)c1-c1cccc(Cl)c1F. The third-order valence-electron chi connectivity index (χ3n) is 2.73. The van der Waals surface area contributed by atoms with Gasteiger partial charge in [0.2, 0.25) is 5.88 Å². The smallest absolute Gasteiger partial charge is 0.230 e. The standard InChI is InChI=1S/C13H8ClFN2OS/c14-9-3-1-2-8(11(9)15)10-12(17-18-13(10)16)7-4-5-19-6-7/h1-6H,16H2. The number of benzene rings is 1. The maximum Gasteiger partial charge on any atom is 0.230 e. The molecular formula is C13H8ClFN2OS. The van der Waals surface area contributed by atoms with Gasteiger partial charge in [0.1, 0.15) is 11.5 Å². The van der Waals surface area contributed by atoms with Crippen molar-refractivity contribution in [3.8, 4) is 22.4 Å². The molecule has 0 aliphatic rings. The lowest BCUT2D eigenvalue weighted by Crippen LogP contribution is -1.91. The molecule has 0 aliphatic carbocycles. The Hall–Kier alpha value is -1.85. The van der Waals surface area contributed by atoms with Gasteiger partial charge in [-0.2, -0.15) is 11.3 Å². The highest BCUT2D eigenvalue weighted by molar-refractivity contribution is 7.08. The van der Waals surface area contributed by atoms with Gasteiger partial charge in [-0.25, -0.2) is 4.39 Å². The number of hydrogen-bond acceptors (Lipinski definition) is 4. The molecule has 0 saturated heterocycles. The Morgan fingerprint density at radius 1 is 1.32 bits per heavy atom. The van der Waals surface area contributed by atoms with Gasteiger partial charge in [0, 0.05) is 16.5 Å². The van der Waals surface area contributed by atoms with Crippen molar-refractivity contribution in [3.63, 3.8) is 0 Å². The molecule has 3 aromatic rings. The van der Waals surface area contributed by atoms with E-state index >= 15 is 0 Å². The Bertz CT molecular complexity index is 724. The maximum absolute atomic E-state index is 14.1. The molecule has 0 spiro atoms. The minimum Gasteiger partial charge on any atom is -0.367 e. The van der Waals surface area contributed by atoms with Crippen LogP contribution in [0.5, 0.6) is 0 Å². The second-order valence-corrected chi connectivity index (χ2v) is 5.07. The van der Waals surface area contributed by atoms with E-state index < -0.39 is 5.82 Å². The maximum atomic E-state index is 14.1. The van der Waals surface area contributed by atoms with E-state index in [2.05, 4.69) is 5.16 Å². The summed E-state index contributed by atoms with van der Waals surface area (Å²) in [7, 11) is 0. The van der Waals surface area contributed by atoms with E-state index in [1.165, 1.54) is 17.4 Å². The molecule has 96 valence electrons. The van der Waals surface area contributed by atoms with Gasteiger partial charge in [0.05, 0.1) is 10.6 Å². The van der Waals surface area contributed by atoms with E-state index in [0.29, 0.717) is 11.3 Å². The number of thiophene rings is 1. The van der Waals surface area contributed by atoms with Crippen molar-refractivity contribution >= 4 is 28.8 Å². The summed E-state index contributed by atoms with van der Waals surface area (Å²) in [5, 5.41) is 7.73. The molecule has 0 radical (unpaired) electrons. The molecule has 2 N–H and O–H groups in total. The molecule has 1 aromatic carbocycles. The summed E-state index contributed by atoms with van der Waals surface area (Å²) in [4.78, 5) is 0. The van der Waals surface area contributed by atoms with E-state index in [4.69, 9.17) is 21.9 Å². The quantitative estimate of drug-likeness (QED) is 0.760. The van der Waals surface area contributed by atoms with Crippen LogP contribution in [-0.2, 0) is 0 Å². The molecule has 0 saturated carbocycles. The van der Waals surface area contributed by atoms with Crippen LogP contribution in [0, 0.1) is 5.82 Å². The monoisotopic (exact) mass is 294 g/mol. The zero-order chi connectivity index (χ0) is 13.4. The van der Waals surface area contributed by atoms with Gasteiger partial charge in [0.25, 0.3) is 0 Å². The Kier molecular flexibility index (Phi) is 3.00. The van der Waals surface area contributed by atoms with E-state index in [0.717, 1.165) is 5.56 Å². The zero-order valence-electron chi connectivity index (χ0n) is 9.56. The van der Waals surface area contributed by atoms with Gasteiger partial charge in [-0.1, -0.05) is 28.9 Å². The molecule has 2 heterocycles. The summed E-state index contributed by atoms with van der Waals surface area (Å²) in [6.45, 7) is 0. The predicted molar refractivity (Wildman–Crippen MR) is 74.6 cm³/mol. The summed E-state index contributed by atoms with van der Waals surface area (Å²) in [6.07, 6.45) is 0. The van der Waals surface area contributed by atoms with E-state index in [-0.39, 0.29) is 16.5 Å². The molecule has 19 heavy (non-hydrogen) atoms. The lowest BCUT2D eigenvalue weighted by atomic mass is 10.0. The molecule has 3 nitrogen and oxygen atoms in total. The van der Waals surface area contributed by atoms with Crippen molar-refractivity contribution in [2.45, 2.75) is 0 Å². The number of nitrogen functional groups attached to an aromatic ring is 1. The summed E-state index contributed by atoms with van der Waals surface area (Å²) >= 11 is 7.31. The van der Waals surface area contributed by atoms with Crippen LogP contribution in [-0.4, -0.2) is 5.16 Å².